The van der Waals surface area contributed by atoms with Crippen molar-refractivity contribution >= 4 is 28.3 Å². The number of hydrogen-bond donors (Lipinski definition) is 2. The second kappa shape index (κ2) is 5.40. The van der Waals surface area contributed by atoms with Crippen molar-refractivity contribution in [1.82, 2.24) is 10.3 Å². The number of carbonyl (C=O) groups is 2. The van der Waals surface area contributed by atoms with Crippen LogP contribution in [0.5, 0.6) is 0 Å². The van der Waals surface area contributed by atoms with E-state index in [9.17, 15) is 9.59 Å². The standard InChI is InChI=1S/C13H17N3O3S/c17-11-2-1-8-6-16(4-3-10(8)15-11)13-14-9(7-20-13)5-12(18)19/h7-8,10H,1-6H2,(H,15,17)(H,18,19). The monoisotopic (exact) mass is 295 g/mol. The number of carbonyl (C=O) groups excluding carboxylic acids is 1. The molecule has 2 saturated heterocycles. The van der Waals surface area contributed by atoms with Gasteiger partial charge in [-0.15, -0.1) is 11.3 Å². The van der Waals surface area contributed by atoms with E-state index in [1.54, 1.807) is 0 Å². The number of fused-ring (bicyclic) bond motifs is 1. The number of rotatable bonds is 3. The van der Waals surface area contributed by atoms with E-state index in [0.717, 1.165) is 31.1 Å². The molecule has 3 heterocycles. The number of nitrogens with one attached hydrogen (secondary N) is 1. The fraction of sp³-hybridized carbons (Fsp3) is 0.615. The van der Waals surface area contributed by atoms with Crippen LogP contribution in [0.1, 0.15) is 25.0 Å². The lowest BCUT2D eigenvalue weighted by Crippen LogP contribution is -2.54. The van der Waals surface area contributed by atoms with Gasteiger partial charge in [-0.3, -0.25) is 9.59 Å². The molecule has 1 aromatic heterocycles. The minimum atomic E-state index is -0.851. The van der Waals surface area contributed by atoms with Crippen molar-refractivity contribution in [3.63, 3.8) is 0 Å². The van der Waals surface area contributed by atoms with E-state index >= 15 is 0 Å². The molecule has 0 aliphatic carbocycles. The summed E-state index contributed by atoms with van der Waals surface area (Å²) in [5, 5.41) is 14.6. The molecule has 2 N–H and O–H groups in total. The second-order valence-electron chi connectivity index (χ2n) is 5.40. The van der Waals surface area contributed by atoms with Gasteiger partial charge in [0.05, 0.1) is 12.1 Å². The van der Waals surface area contributed by atoms with Crippen LogP contribution >= 0.6 is 11.3 Å². The minimum absolute atomic E-state index is 0.0214. The van der Waals surface area contributed by atoms with Crippen molar-refractivity contribution in [1.29, 1.82) is 0 Å². The molecule has 2 atom stereocenters. The Hall–Kier alpha value is -1.63. The number of aliphatic carboxylic acids is 1. The predicted octanol–water partition coefficient (Wildman–Crippen LogP) is 0.875. The Bertz CT molecular complexity index is 531. The maximum absolute atomic E-state index is 11.4. The Morgan fingerprint density at radius 1 is 1.55 bits per heavy atom. The smallest absolute Gasteiger partial charge is 0.309 e. The quantitative estimate of drug-likeness (QED) is 0.865. The summed E-state index contributed by atoms with van der Waals surface area (Å²) in [5.41, 5.74) is 0.622. The summed E-state index contributed by atoms with van der Waals surface area (Å²) in [7, 11) is 0. The normalized spacial score (nSPS) is 26.0. The first kappa shape index (κ1) is 13.4. The van der Waals surface area contributed by atoms with Crippen LogP contribution in [0, 0.1) is 5.92 Å². The average molecular weight is 295 g/mol. The molecular formula is C13H17N3O3S. The van der Waals surface area contributed by atoms with Gasteiger partial charge < -0.3 is 15.3 Å². The zero-order valence-electron chi connectivity index (χ0n) is 11.0. The summed E-state index contributed by atoms with van der Waals surface area (Å²) in [6.45, 7) is 1.76. The molecule has 20 heavy (non-hydrogen) atoms. The Labute approximate surface area is 120 Å². The van der Waals surface area contributed by atoms with Gasteiger partial charge >= 0.3 is 5.97 Å². The van der Waals surface area contributed by atoms with Crippen LogP contribution in [-0.4, -0.2) is 41.1 Å². The molecule has 2 unspecified atom stereocenters. The lowest BCUT2D eigenvalue weighted by molar-refractivity contribution is -0.136. The Balaban J connectivity index is 1.65. The van der Waals surface area contributed by atoms with Crippen molar-refractivity contribution in [3.8, 4) is 0 Å². The second-order valence-corrected chi connectivity index (χ2v) is 6.24. The van der Waals surface area contributed by atoms with Crippen LogP contribution < -0.4 is 10.2 Å². The largest absolute Gasteiger partial charge is 0.481 e. The van der Waals surface area contributed by atoms with Crippen molar-refractivity contribution in [2.45, 2.75) is 31.7 Å². The number of carboxylic acid groups (broad SMARTS) is 1. The van der Waals surface area contributed by atoms with Crippen molar-refractivity contribution in [2.75, 3.05) is 18.0 Å². The number of piperidine rings is 2. The molecule has 0 bridgehead atoms. The molecule has 108 valence electrons. The maximum Gasteiger partial charge on any atom is 0.309 e. The van der Waals surface area contributed by atoms with Crippen LogP contribution in [0.2, 0.25) is 0 Å². The van der Waals surface area contributed by atoms with E-state index in [2.05, 4.69) is 15.2 Å². The number of hydrogen-bond acceptors (Lipinski definition) is 5. The molecule has 7 heteroatoms. The summed E-state index contributed by atoms with van der Waals surface area (Å²) >= 11 is 1.50. The maximum atomic E-state index is 11.4. The molecular weight excluding hydrogens is 278 g/mol. The van der Waals surface area contributed by atoms with Crippen molar-refractivity contribution < 1.29 is 14.7 Å². The van der Waals surface area contributed by atoms with E-state index in [1.807, 2.05) is 5.38 Å². The average Bonchev–Trinajstić information content (AvgIpc) is 2.85. The van der Waals surface area contributed by atoms with Crippen LogP contribution in [0.3, 0.4) is 0 Å². The molecule has 0 radical (unpaired) electrons. The van der Waals surface area contributed by atoms with Gasteiger partial charge in [-0.05, 0) is 18.8 Å². The molecule has 2 fully saturated rings. The molecule has 3 rings (SSSR count). The predicted molar refractivity (Wildman–Crippen MR) is 74.9 cm³/mol. The first-order valence-electron chi connectivity index (χ1n) is 6.82. The number of anilines is 1. The summed E-state index contributed by atoms with van der Waals surface area (Å²) in [6.07, 6.45) is 2.45. The third-order valence-corrected chi connectivity index (χ3v) is 4.92. The molecule has 6 nitrogen and oxygen atoms in total. The highest BCUT2D eigenvalue weighted by atomic mass is 32.1. The number of thiazole rings is 1. The zero-order valence-corrected chi connectivity index (χ0v) is 11.9. The summed E-state index contributed by atoms with van der Waals surface area (Å²) in [4.78, 5) is 28.7. The Morgan fingerprint density at radius 2 is 2.40 bits per heavy atom. The zero-order chi connectivity index (χ0) is 14.1. The first-order chi connectivity index (χ1) is 9.61. The highest BCUT2D eigenvalue weighted by molar-refractivity contribution is 7.13. The van der Waals surface area contributed by atoms with Gasteiger partial charge in [0.2, 0.25) is 5.91 Å². The van der Waals surface area contributed by atoms with E-state index in [-0.39, 0.29) is 12.3 Å². The fourth-order valence-corrected chi connectivity index (χ4v) is 3.82. The van der Waals surface area contributed by atoms with Crippen molar-refractivity contribution in [3.05, 3.63) is 11.1 Å². The fourth-order valence-electron chi connectivity index (χ4n) is 2.96. The molecule has 0 saturated carbocycles. The Kier molecular flexibility index (Phi) is 3.60. The SMILES string of the molecule is O=C(O)Cc1csc(N2CCC3NC(=O)CCC3C2)n1. The van der Waals surface area contributed by atoms with Gasteiger partial charge in [0.15, 0.2) is 5.13 Å². The highest BCUT2D eigenvalue weighted by Crippen LogP contribution is 2.30. The van der Waals surface area contributed by atoms with Gasteiger partial charge in [-0.2, -0.15) is 0 Å². The van der Waals surface area contributed by atoms with E-state index in [4.69, 9.17) is 5.11 Å². The summed E-state index contributed by atoms with van der Waals surface area (Å²) < 4.78 is 0. The number of carboxylic acids is 1. The molecule has 1 aromatic rings. The first-order valence-corrected chi connectivity index (χ1v) is 7.70. The van der Waals surface area contributed by atoms with Crippen LogP contribution in [0.15, 0.2) is 5.38 Å². The molecule has 2 aliphatic rings. The number of aromatic nitrogens is 1. The third kappa shape index (κ3) is 2.77. The van der Waals surface area contributed by atoms with E-state index < -0.39 is 5.97 Å². The molecule has 0 spiro atoms. The van der Waals surface area contributed by atoms with Gasteiger partial charge in [0.1, 0.15) is 0 Å². The van der Waals surface area contributed by atoms with Gasteiger partial charge in [-0.25, -0.2) is 4.98 Å². The molecule has 2 aliphatic heterocycles. The van der Waals surface area contributed by atoms with Crippen LogP contribution in [-0.2, 0) is 16.0 Å². The van der Waals surface area contributed by atoms with Gasteiger partial charge in [-0.1, -0.05) is 0 Å². The summed E-state index contributed by atoms with van der Waals surface area (Å²) in [5.74, 6) is -0.207. The third-order valence-electron chi connectivity index (χ3n) is 3.97. The van der Waals surface area contributed by atoms with Crippen LogP contribution in [0.4, 0.5) is 5.13 Å². The topological polar surface area (TPSA) is 82.5 Å². The lowest BCUT2D eigenvalue weighted by atomic mass is 9.85. The molecule has 0 aromatic carbocycles. The van der Waals surface area contributed by atoms with Gasteiger partial charge in [0.25, 0.3) is 0 Å². The van der Waals surface area contributed by atoms with Gasteiger partial charge in [0, 0.05) is 30.9 Å². The Morgan fingerprint density at radius 3 is 3.20 bits per heavy atom. The lowest BCUT2D eigenvalue weighted by Gasteiger charge is -2.41. The van der Waals surface area contributed by atoms with E-state index in [0.29, 0.717) is 24.1 Å². The number of amides is 1. The minimum Gasteiger partial charge on any atom is -0.481 e. The summed E-state index contributed by atoms with van der Waals surface area (Å²) in [6, 6.07) is 0.297. The van der Waals surface area contributed by atoms with E-state index in [1.165, 1.54) is 11.3 Å². The number of nitrogens with zero attached hydrogens (tertiary/aromatic N) is 2. The van der Waals surface area contributed by atoms with Crippen molar-refractivity contribution in [2.24, 2.45) is 5.92 Å². The highest BCUT2D eigenvalue weighted by Gasteiger charge is 2.34. The van der Waals surface area contributed by atoms with Crippen LogP contribution in [0.25, 0.3) is 0 Å². The molecule has 1 amide bonds.